The van der Waals surface area contributed by atoms with E-state index in [-0.39, 0.29) is 5.78 Å². The summed E-state index contributed by atoms with van der Waals surface area (Å²) in [7, 11) is 0. The summed E-state index contributed by atoms with van der Waals surface area (Å²) in [6.45, 7) is 8.14. The normalized spacial score (nSPS) is 12.5. The fourth-order valence-electron chi connectivity index (χ4n) is 1.56. The molecule has 0 N–H and O–H groups in total. The molecule has 1 unspecified atom stereocenters. The number of Topliss-reactive ketones (excluding diaryl/α,β-unsaturated/α-hetero) is 1. The predicted octanol–water partition coefficient (Wildman–Crippen LogP) is 3.32. The molecular weight excluding hydrogens is 186 g/mol. The van der Waals surface area contributed by atoms with Crippen LogP contribution in [-0.2, 0) is 0 Å². The van der Waals surface area contributed by atoms with Crippen LogP contribution in [0.3, 0.4) is 0 Å². The number of aryl methyl sites for hydroxylation is 2. The van der Waals surface area contributed by atoms with Crippen molar-refractivity contribution >= 4 is 5.78 Å². The van der Waals surface area contributed by atoms with Crippen LogP contribution in [0.4, 0.5) is 0 Å². The highest BCUT2D eigenvalue weighted by Crippen LogP contribution is 2.14. The summed E-state index contributed by atoms with van der Waals surface area (Å²) < 4.78 is 0. The molecule has 2 heteroatoms. The molecule has 0 aromatic carbocycles. The Morgan fingerprint density at radius 3 is 2.67 bits per heavy atom. The first kappa shape index (κ1) is 11.9. The molecule has 0 aliphatic heterocycles. The minimum atomic E-state index is 0.168. The van der Waals surface area contributed by atoms with E-state index in [2.05, 4.69) is 18.8 Å². The zero-order valence-electron chi connectivity index (χ0n) is 10.0. The van der Waals surface area contributed by atoms with Crippen molar-refractivity contribution in [2.45, 2.75) is 40.5 Å². The summed E-state index contributed by atoms with van der Waals surface area (Å²) in [5.41, 5.74) is 2.73. The van der Waals surface area contributed by atoms with Gasteiger partial charge in [0.15, 0.2) is 5.78 Å². The van der Waals surface area contributed by atoms with Gasteiger partial charge in [-0.25, -0.2) is 0 Å². The summed E-state index contributed by atoms with van der Waals surface area (Å²) in [4.78, 5) is 16.1. The Bertz CT molecular complexity index is 358. The highest BCUT2D eigenvalue weighted by atomic mass is 16.1. The first-order valence-corrected chi connectivity index (χ1v) is 5.51. The topological polar surface area (TPSA) is 30.0 Å². The van der Waals surface area contributed by atoms with Crippen molar-refractivity contribution in [1.29, 1.82) is 0 Å². The Balaban J connectivity index is 2.82. The number of ketones is 1. The van der Waals surface area contributed by atoms with Crippen molar-refractivity contribution in [2.75, 3.05) is 0 Å². The minimum absolute atomic E-state index is 0.168. The molecule has 1 aromatic rings. The summed E-state index contributed by atoms with van der Waals surface area (Å²) in [5.74, 6) is 0.613. The molecule has 15 heavy (non-hydrogen) atoms. The van der Waals surface area contributed by atoms with E-state index in [1.807, 2.05) is 19.9 Å². The van der Waals surface area contributed by atoms with Crippen molar-refractivity contribution in [1.82, 2.24) is 4.98 Å². The lowest BCUT2D eigenvalue weighted by molar-refractivity contribution is 0.0958. The van der Waals surface area contributed by atoms with E-state index in [0.717, 1.165) is 17.5 Å². The molecule has 2 nitrogen and oxygen atoms in total. The van der Waals surface area contributed by atoms with Crippen molar-refractivity contribution in [3.8, 4) is 0 Å². The van der Waals surface area contributed by atoms with E-state index in [1.54, 1.807) is 6.20 Å². The molecule has 0 saturated carbocycles. The number of hydrogen-bond donors (Lipinski definition) is 0. The number of rotatable bonds is 4. The summed E-state index contributed by atoms with van der Waals surface area (Å²) in [6.07, 6.45) is 3.40. The standard InChI is InChI=1S/C13H19NO/c1-5-9(2)7-12(15)13-11(4)6-10(3)8-14-13/h6,8-9H,5,7H2,1-4H3. The molecule has 1 atom stereocenters. The van der Waals surface area contributed by atoms with Gasteiger partial charge in [-0.3, -0.25) is 9.78 Å². The van der Waals surface area contributed by atoms with E-state index < -0.39 is 0 Å². The maximum absolute atomic E-state index is 11.9. The van der Waals surface area contributed by atoms with Gasteiger partial charge in [-0.2, -0.15) is 0 Å². The van der Waals surface area contributed by atoms with E-state index in [1.165, 1.54) is 0 Å². The average Bonchev–Trinajstić information content (AvgIpc) is 2.17. The van der Waals surface area contributed by atoms with Gasteiger partial charge in [-0.1, -0.05) is 26.3 Å². The fraction of sp³-hybridized carbons (Fsp3) is 0.538. The van der Waals surface area contributed by atoms with Crippen LogP contribution in [-0.4, -0.2) is 10.8 Å². The van der Waals surface area contributed by atoms with Gasteiger partial charge >= 0.3 is 0 Å². The van der Waals surface area contributed by atoms with Crippen LogP contribution in [0.25, 0.3) is 0 Å². The zero-order chi connectivity index (χ0) is 11.4. The number of carbonyl (C=O) groups excluding carboxylic acids is 1. The lowest BCUT2D eigenvalue weighted by Crippen LogP contribution is -2.09. The molecule has 1 rings (SSSR count). The average molecular weight is 205 g/mol. The smallest absolute Gasteiger partial charge is 0.181 e. The molecule has 0 aliphatic carbocycles. The Morgan fingerprint density at radius 1 is 1.47 bits per heavy atom. The van der Waals surface area contributed by atoms with Crippen LogP contribution in [0.2, 0.25) is 0 Å². The second-order valence-corrected chi connectivity index (χ2v) is 4.32. The van der Waals surface area contributed by atoms with Crippen molar-refractivity contribution in [3.05, 3.63) is 29.1 Å². The quantitative estimate of drug-likeness (QED) is 0.706. The van der Waals surface area contributed by atoms with Crippen LogP contribution >= 0.6 is 0 Å². The molecule has 0 aliphatic rings. The SMILES string of the molecule is CCC(C)CC(=O)c1ncc(C)cc1C. The Labute approximate surface area is 91.7 Å². The molecule has 0 saturated heterocycles. The van der Waals surface area contributed by atoms with Gasteiger partial charge in [0, 0.05) is 12.6 Å². The van der Waals surface area contributed by atoms with Gasteiger partial charge in [0.2, 0.25) is 0 Å². The molecule has 0 amide bonds. The van der Waals surface area contributed by atoms with Crippen LogP contribution in [0, 0.1) is 19.8 Å². The Hall–Kier alpha value is -1.18. The number of aromatic nitrogens is 1. The molecule has 1 heterocycles. The summed E-state index contributed by atoms with van der Waals surface area (Å²) in [6, 6.07) is 2.01. The van der Waals surface area contributed by atoms with Crippen molar-refractivity contribution in [2.24, 2.45) is 5.92 Å². The van der Waals surface area contributed by atoms with Crippen LogP contribution in [0.1, 0.15) is 48.3 Å². The molecule has 82 valence electrons. The van der Waals surface area contributed by atoms with E-state index in [0.29, 0.717) is 18.0 Å². The molecule has 0 fully saturated rings. The van der Waals surface area contributed by atoms with Crippen LogP contribution < -0.4 is 0 Å². The Kier molecular flexibility index (Phi) is 4.01. The summed E-state index contributed by atoms with van der Waals surface area (Å²) >= 11 is 0. The van der Waals surface area contributed by atoms with Crippen LogP contribution in [0.15, 0.2) is 12.3 Å². The lowest BCUT2D eigenvalue weighted by Gasteiger charge is -2.08. The Morgan fingerprint density at radius 2 is 2.13 bits per heavy atom. The minimum Gasteiger partial charge on any atom is -0.292 e. The second kappa shape index (κ2) is 5.06. The maximum Gasteiger partial charge on any atom is 0.181 e. The van der Waals surface area contributed by atoms with Crippen LogP contribution in [0.5, 0.6) is 0 Å². The summed E-state index contributed by atoms with van der Waals surface area (Å²) in [5, 5.41) is 0. The van der Waals surface area contributed by atoms with E-state index in [4.69, 9.17) is 0 Å². The molecular formula is C13H19NO. The van der Waals surface area contributed by atoms with Gasteiger partial charge in [0.25, 0.3) is 0 Å². The third-order valence-electron chi connectivity index (χ3n) is 2.71. The number of nitrogens with zero attached hydrogens (tertiary/aromatic N) is 1. The van der Waals surface area contributed by atoms with Crippen molar-refractivity contribution < 1.29 is 4.79 Å². The zero-order valence-corrected chi connectivity index (χ0v) is 10.0. The molecule has 1 aromatic heterocycles. The lowest BCUT2D eigenvalue weighted by atomic mass is 9.98. The predicted molar refractivity (Wildman–Crippen MR) is 62.1 cm³/mol. The van der Waals surface area contributed by atoms with Gasteiger partial charge in [0.1, 0.15) is 5.69 Å². The maximum atomic E-state index is 11.9. The van der Waals surface area contributed by atoms with Gasteiger partial charge in [0.05, 0.1) is 0 Å². The third kappa shape index (κ3) is 3.15. The second-order valence-electron chi connectivity index (χ2n) is 4.32. The first-order chi connectivity index (χ1) is 7.04. The first-order valence-electron chi connectivity index (χ1n) is 5.51. The van der Waals surface area contributed by atoms with Gasteiger partial charge in [-0.05, 0) is 30.9 Å². The highest BCUT2D eigenvalue weighted by Gasteiger charge is 2.13. The largest absolute Gasteiger partial charge is 0.292 e. The molecule has 0 radical (unpaired) electrons. The molecule has 0 spiro atoms. The third-order valence-corrected chi connectivity index (χ3v) is 2.71. The number of hydrogen-bond acceptors (Lipinski definition) is 2. The van der Waals surface area contributed by atoms with E-state index in [9.17, 15) is 4.79 Å². The van der Waals surface area contributed by atoms with Crippen molar-refractivity contribution in [3.63, 3.8) is 0 Å². The van der Waals surface area contributed by atoms with E-state index >= 15 is 0 Å². The van der Waals surface area contributed by atoms with Gasteiger partial charge in [-0.15, -0.1) is 0 Å². The number of pyridine rings is 1. The fourth-order valence-corrected chi connectivity index (χ4v) is 1.56. The van der Waals surface area contributed by atoms with Gasteiger partial charge < -0.3 is 0 Å². The highest BCUT2D eigenvalue weighted by molar-refractivity contribution is 5.95. The molecule has 0 bridgehead atoms. The monoisotopic (exact) mass is 205 g/mol. The number of carbonyl (C=O) groups is 1.